The Kier molecular flexibility index (Phi) is 3.55. The summed E-state index contributed by atoms with van der Waals surface area (Å²) in [6, 6.07) is 5.07. The molecule has 4 N–H and O–H groups in total. The summed E-state index contributed by atoms with van der Waals surface area (Å²) >= 11 is 0. The van der Waals surface area contributed by atoms with E-state index in [2.05, 4.69) is 0 Å². The second kappa shape index (κ2) is 4.53. The number of carboxylic acids is 1. The van der Waals surface area contributed by atoms with Crippen molar-refractivity contribution < 1.29 is 15.0 Å². The van der Waals surface area contributed by atoms with Gasteiger partial charge < -0.3 is 15.9 Å². The van der Waals surface area contributed by atoms with Gasteiger partial charge in [0.15, 0.2) is 0 Å². The number of benzene rings is 1. The molecule has 0 fully saturated rings. The number of hydrogen-bond acceptors (Lipinski definition) is 3. The van der Waals surface area contributed by atoms with Crippen molar-refractivity contribution in [3.63, 3.8) is 0 Å². The smallest absolute Gasteiger partial charge is 0.323 e. The number of phenols is 1. The molecule has 0 spiro atoms. The molecule has 4 heteroatoms. The fourth-order valence-corrected chi connectivity index (χ4v) is 1.53. The van der Waals surface area contributed by atoms with E-state index in [0.29, 0.717) is 6.42 Å². The Morgan fingerprint density at radius 2 is 2.12 bits per heavy atom. The number of rotatable bonds is 4. The fraction of sp³-hybridized carbons (Fsp3) is 0.417. The lowest BCUT2D eigenvalue weighted by atomic mass is 9.93. The molecule has 0 amide bonds. The van der Waals surface area contributed by atoms with E-state index >= 15 is 0 Å². The highest BCUT2D eigenvalue weighted by Crippen LogP contribution is 2.21. The summed E-state index contributed by atoms with van der Waals surface area (Å²) in [6.45, 7) is 3.41. The highest BCUT2D eigenvalue weighted by Gasteiger charge is 2.28. The number of carbonyl (C=O) groups is 1. The summed E-state index contributed by atoms with van der Waals surface area (Å²) in [5.41, 5.74) is 6.01. The molecular weight excluding hydrogens is 206 g/mol. The molecule has 1 atom stereocenters. The third kappa shape index (κ3) is 2.73. The minimum atomic E-state index is -1.28. The van der Waals surface area contributed by atoms with E-state index in [1.807, 2.05) is 6.92 Å². The van der Waals surface area contributed by atoms with Crippen molar-refractivity contribution in [2.45, 2.75) is 32.2 Å². The van der Waals surface area contributed by atoms with Crippen molar-refractivity contribution in [2.75, 3.05) is 0 Å². The zero-order chi connectivity index (χ0) is 12.3. The van der Waals surface area contributed by atoms with Crippen LogP contribution in [0.25, 0.3) is 0 Å². The maximum atomic E-state index is 10.9. The first-order valence-corrected chi connectivity index (χ1v) is 5.20. The molecule has 0 aliphatic heterocycles. The first kappa shape index (κ1) is 12.5. The largest absolute Gasteiger partial charge is 0.508 e. The number of hydrogen-bond donors (Lipinski definition) is 3. The summed E-state index contributed by atoms with van der Waals surface area (Å²) in [5, 5.41) is 18.4. The van der Waals surface area contributed by atoms with Crippen LogP contribution < -0.4 is 5.73 Å². The van der Waals surface area contributed by atoms with Gasteiger partial charge in [-0.15, -0.1) is 0 Å². The molecule has 1 rings (SSSR count). The number of aryl methyl sites for hydroxylation is 1. The van der Waals surface area contributed by atoms with Crippen LogP contribution in [0.3, 0.4) is 0 Å². The number of nitrogens with two attached hydrogens (primary N) is 1. The molecule has 0 bridgehead atoms. The van der Waals surface area contributed by atoms with Gasteiger partial charge in [-0.3, -0.25) is 4.79 Å². The highest BCUT2D eigenvalue weighted by molar-refractivity contribution is 5.78. The van der Waals surface area contributed by atoms with Gasteiger partial charge in [-0.05, 0) is 30.5 Å². The Balaban J connectivity index is 2.94. The maximum Gasteiger partial charge on any atom is 0.323 e. The van der Waals surface area contributed by atoms with E-state index in [9.17, 15) is 9.90 Å². The quantitative estimate of drug-likeness (QED) is 0.718. The fourth-order valence-electron chi connectivity index (χ4n) is 1.53. The Bertz CT molecular complexity index is 399. The van der Waals surface area contributed by atoms with Crippen LogP contribution in [-0.4, -0.2) is 21.7 Å². The topological polar surface area (TPSA) is 83.6 Å². The summed E-state index contributed by atoms with van der Waals surface area (Å²) in [4.78, 5) is 10.9. The number of carboxylic acid groups (broad SMARTS) is 1. The van der Waals surface area contributed by atoms with Crippen LogP contribution in [-0.2, 0) is 17.6 Å². The first-order chi connectivity index (χ1) is 7.36. The lowest BCUT2D eigenvalue weighted by Gasteiger charge is -2.19. The standard InChI is InChI=1S/C12H17NO3/c1-3-9-6-8(4-5-10(9)14)7-12(2,13)11(15)16/h4-6,14H,3,7,13H2,1-2H3,(H,15,16)/t12-/m0/s1. The maximum absolute atomic E-state index is 10.9. The SMILES string of the molecule is CCc1cc(C[C@](C)(N)C(=O)O)ccc1O. The Labute approximate surface area is 94.7 Å². The molecule has 0 aromatic heterocycles. The van der Waals surface area contributed by atoms with E-state index in [-0.39, 0.29) is 12.2 Å². The zero-order valence-electron chi connectivity index (χ0n) is 9.53. The Morgan fingerprint density at radius 1 is 1.50 bits per heavy atom. The molecule has 1 aromatic rings. The van der Waals surface area contributed by atoms with Crippen molar-refractivity contribution in [3.05, 3.63) is 29.3 Å². The van der Waals surface area contributed by atoms with Gasteiger partial charge in [0.2, 0.25) is 0 Å². The van der Waals surface area contributed by atoms with Crippen molar-refractivity contribution in [3.8, 4) is 5.75 Å². The Morgan fingerprint density at radius 3 is 2.62 bits per heavy atom. The van der Waals surface area contributed by atoms with Crippen molar-refractivity contribution in [1.29, 1.82) is 0 Å². The van der Waals surface area contributed by atoms with E-state index in [4.69, 9.17) is 10.8 Å². The molecule has 1 aromatic carbocycles. The first-order valence-electron chi connectivity index (χ1n) is 5.20. The lowest BCUT2D eigenvalue weighted by Crippen LogP contribution is -2.46. The second-order valence-electron chi connectivity index (χ2n) is 4.22. The summed E-state index contributed by atoms with van der Waals surface area (Å²) in [6.07, 6.45) is 0.948. The van der Waals surface area contributed by atoms with Crippen LogP contribution in [0.15, 0.2) is 18.2 Å². The Hall–Kier alpha value is -1.55. The van der Waals surface area contributed by atoms with E-state index < -0.39 is 11.5 Å². The van der Waals surface area contributed by atoms with Gasteiger partial charge in [0.05, 0.1) is 0 Å². The van der Waals surface area contributed by atoms with Crippen LogP contribution >= 0.6 is 0 Å². The van der Waals surface area contributed by atoms with Gasteiger partial charge in [0.1, 0.15) is 11.3 Å². The molecule has 0 aliphatic carbocycles. The van der Waals surface area contributed by atoms with Crippen LogP contribution in [0.1, 0.15) is 25.0 Å². The average Bonchev–Trinajstić information content (AvgIpc) is 2.20. The third-order valence-corrected chi connectivity index (χ3v) is 2.58. The van der Waals surface area contributed by atoms with Gasteiger partial charge >= 0.3 is 5.97 Å². The van der Waals surface area contributed by atoms with E-state index in [1.165, 1.54) is 6.92 Å². The minimum absolute atomic E-state index is 0.236. The van der Waals surface area contributed by atoms with Crippen molar-refractivity contribution in [2.24, 2.45) is 5.73 Å². The van der Waals surface area contributed by atoms with Crippen LogP contribution in [0, 0.1) is 0 Å². The van der Waals surface area contributed by atoms with Gasteiger partial charge in [-0.2, -0.15) is 0 Å². The molecule has 0 heterocycles. The molecular formula is C12H17NO3. The predicted octanol–water partition coefficient (Wildman–Crippen LogP) is 1.30. The van der Waals surface area contributed by atoms with E-state index in [0.717, 1.165) is 11.1 Å². The highest BCUT2D eigenvalue weighted by atomic mass is 16.4. The molecule has 16 heavy (non-hydrogen) atoms. The minimum Gasteiger partial charge on any atom is -0.508 e. The summed E-state index contributed by atoms with van der Waals surface area (Å²) in [7, 11) is 0. The molecule has 0 saturated heterocycles. The van der Waals surface area contributed by atoms with Crippen LogP contribution in [0.2, 0.25) is 0 Å². The van der Waals surface area contributed by atoms with E-state index in [1.54, 1.807) is 18.2 Å². The molecule has 0 aliphatic rings. The van der Waals surface area contributed by atoms with Crippen LogP contribution in [0.5, 0.6) is 5.75 Å². The van der Waals surface area contributed by atoms with Gasteiger partial charge in [0, 0.05) is 6.42 Å². The van der Waals surface area contributed by atoms with Gasteiger partial charge in [-0.1, -0.05) is 19.1 Å². The average molecular weight is 223 g/mol. The zero-order valence-corrected chi connectivity index (χ0v) is 9.53. The van der Waals surface area contributed by atoms with Gasteiger partial charge in [-0.25, -0.2) is 0 Å². The second-order valence-corrected chi connectivity index (χ2v) is 4.22. The monoisotopic (exact) mass is 223 g/mol. The molecule has 0 unspecified atom stereocenters. The number of aliphatic carboxylic acids is 1. The van der Waals surface area contributed by atoms with Crippen molar-refractivity contribution in [1.82, 2.24) is 0 Å². The normalized spacial score (nSPS) is 14.4. The molecule has 0 saturated carbocycles. The summed E-state index contributed by atoms with van der Waals surface area (Å²) < 4.78 is 0. The summed E-state index contributed by atoms with van der Waals surface area (Å²) in [5.74, 6) is -0.793. The number of aromatic hydroxyl groups is 1. The predicted molar refractivity (Wildman–Crippen MR) is 61.4 cm³/mol. The number of phenolic OH excluding ortho intramolecular Hbond substituents is 1. The lowest BCUT2D eigenvalue weighted by molar-refractivity contribution is -0.142. The van der Waals surface area contributed by atoms with Gasteiger partial charge in [0.25, 0.3) is 0 Å². The van der Waals surface area contributed by atoms with Crippen LogP contribution in [0.4, 0.5) is 0 Å². The molecule has 0 radical (unpaired) electrons. The molecule has 4 nitrogen and oxygen atoms in total. The van der Waals surface area contributed by atoms with Crippen molar-refractivity contribution >= 4 is 5.97 Å². The molecule has 88 valence electrons. The third-order valence-electron chi connectivity index (χ3n) is 2.58.